The van der Waals surface area contributed by atoms with Crippen LogP contribution >= 0.6 is 0 Å². The Morgan fingerprint density at radius 2 is 2.25 bits per heavy atom. The van der Waals surface area contributed by atoms with Crippen molar-refractivity contribution < 1.29 is 14.4 Å². The van der Waals surface area contributed by atoms with Gasteiger partial charge in [0.2, 0.25) is 0 Å². The van der Waals surface area contributed by atoms with E-state index in [2.05, 4.69) is 4.86 Å². The van der Waals surface area contributed by atoms with Crippen LogP contribution in [0.4, 0.5) is 4.53 Å². The van der Waals surface area contributed by atoms with Gasteiger partial charge in [-0.1, -0.05) is 4.53 Å². The van der Waals surface area contributed by atoms with Crippen LogP contribution in [0.2, 0.25) is 0 Å². The molecule has 0 rings (SSSR count). The Bertz CT molecular complexity index is 8.00. The summed E-state index contributed by atoms with van der Waals surface area (Å²) in [5.41, 5.74) is 0. The van der Waals surface area contributed by atoms with E-state index in [9.17, 15) is 4.53 Å². The molecule has 0 saturated heterocycles. The van der Waals surface area contributed by atoms with Gasteiger partial charge in [-0.3, -0.25) is 0 Å². The first-order chi connectivity index (χ1) is 1.91. The topological polar surface area (TPSA) is 29.5 Å². The van der Waals surface area contributed by atoms with Gasteiger partial charge >= 0.3 is 7.69 Å². The molecule has 0 aliphatic rings. The predicted molar refractivity (Wildman–Crippen MR) is 10.2 cm³/mol. The van der Waals surface area contributed by atoms with Gasteiger partial charge in [0.05, 0.1) is 0 Å². The Balaban J connectivity index is 1.97. The van der Waals surface area contributed by atoms with Crippen molar-refractivity contribution in [2.75, 3.05) is 0 Å². The van der Waals surface area contributed by atoms with E-state index < -0.39 is 0 Å². The Labute approximate surface area is 23.4 Å². The maximum absolute atomic E-state index is 9.92. The summed E-state index contributed by atoms with van der Waals surface area (Å²) in [7, 11) is -0.0417. The molecule has 0 aliphatic carbocycles. The van der Waals surface area contributed by atoms with Crippen molar-refractivity contribution in [3.63, 3.8) is 0 Å². The molecular weight excluding hydrogens is 61.8 g/mol. The first-order valence-electron chi connectivity index (χ1n) is 0.648. The van der Waals surface area contributed by atoms with E-state index in [1.54, 1.807) is 0 Å². The van der Waals surface area contributed by atoms with Crippen molar-refractivity contribution in [2.24, 2.45) is 0 Å². The van der Waals surface area contributed by atoms with Gasteiger partial charge in [0.25, 0.3) is 0 Å². The van der Waals surface area contributed by atoms with Crippen molar-refractivity contribution >= 4 is 7.69 Å². The summed E-state index contributed by atoms with van der Waals surface area (Å²) in [5, 5.41) is 7.15. The molecule has 1 radical (unpaired) electrons. The van der Waals surface area contributed by atoms with Gasteiger partial charge in [0.1, 0.15) is 0 Å². The first kappa shape index (κ1) is 3.91. The highest BCUT2D eigenvalue weighted by molar-refractivity contribution is 6.15. The van der Waals surface area contributed by atoms with E-state index in [1.165, 1.54) is 0 Å². The molecule has 0 atom stereocenters. The Kier molecular flexibility index (Phi) is 2.85. The summed E-state index contributed by atoms with van der Waals surface area (Å²) in [6.45, 7) is 0. The fraction of sp³-hybridized carbons (Fsp3) is 0. The van der Waals surface area contributed by atoms with E-state index in [0.717, 1.165) is 0 Å². The minimum Gasteiger partial charge on any atom is -0.427 e. The van der Waals surface area contributed by atoms with Crippen LogP contribution in [0.25, 0.3) is 0 Å². The molecule has 0 saturated carbocycles. The number of rotatable bonds is 1. The molecule has 0 aromatic heterocycles. The first-order valence-corrected chi connectivity index (χ1v) is 0.648. The number of halogens is 1. The second-order valence-electron chi connectivity index (χ2n) is 0.194. The molecular formula is HBFO2. The zero-order valence-corrected chi connectivity index (χ0v) is 1.81. The Morgan fingerprint density at radius 1 is 2.00 bits per heavy atom. The van der Waals surface area contributed by atoms with Crippen molar-refractivity contribution in [3.8, 4) is 0 Å². The minimum atomic E-state index is -0.0417. The number of hydrogen-bond acceptors (Lipinski definition) is 2. The van der Waals surface area contributed by atoms with Crippen LogP contribution < -0.4 is 0 Å². The van der Waals surface area contributed by atoms with Crippen LogP contribution in [0.5, 0.6) is 0 Å². The lowest BCUT2D eigenvalue weighted by Crippen LogP contribution is -1.81. The van der Waals surface area contributed by atoms with E-state index in [4.69, 9.17) is 5.02 Å². The summed E-state index contributed by atoms with van der Waals surface area (Å²) in [6, 6.07) is 0. The van der Waals surface area contributed by atoms with Crippen molar-refractivity contribution in [2.45, 2.75) is 0 Å². The molecule has 1 N–H and O–H groups in total. The van der Waals surface area contributed by atoms with Gasteiger partial charge in [0.15, 0.2) is 0 Å². The fourth-order valence-corrected chi connectivity index (χ4v) is 0. The summed E-state index contributed by atoms with van der Waals surface area (Å²) >= 11 is 0. The molecule has 0 aromatic carbocycles. The van der Waals surface area contributed by atoms with E-state index in [0.29, 0.717) is 0 Å². The molecule has 4 heavy (non-hydrogen) atoms. The molecule has 0 unspecified atom stereocenters. The normalized spacial score (nSPS) is 6.50. The molecule has 0 heterocycles. The quantitative estimate of drug-likeness (QED) is 0.412. The number of hydrogen-bond donors (Lipinski definition) is 1. The van der Waals surface area contributed by atoms with Gasteiger partial charge < -0.3 is 5.02 Å². The molecule has 0 bridgehead atoms. The van der Waals surface area contributed by atoms with E-state index in [-0.39, 0.29) is 7.69 Å². The SMILES string of the molecule is O[B]OF. The zero-order valence-electron chi connectivity index (χ0n) is 1.81. The maximum atomic E-state index is 9.92. The standard InChI is InChI=1S/BFHO2/c2-4-1-3/h3H. The second kappa shape index (κ2) is 2.91. The van der Waals surface area contributed by atoms with E-state index >= 15 is 0 Å². The smallest absolute Gasteiger partial charge is 0.427 e. The lowest BCUT2D eigenvalue weighted by atomic mass is 10.4. The third-order valence-corrected chi connectivity index (χ3v) is 0.0398. The molecule has 0 amide bonds. The van der Waals surface area contributed by atoms with E-state index in [1.807, 2.05) is 0 Å². The molecule has 2 nitrogen and oxygen atoms in total. The van der Waals surface area contributed by atoms with Crippen LogP contribution in [0.1, 0.15) is 0 Å². The third kappa shape index (κ3) is 1.91. The lowest BCUT2D eigenvalue weighted by Gasteiger charge is -1.62. The summed E-state index contributed by atoms with van der Waals surface area (Å²) in [5.74, 6) is 0. The minimum absolute atomic E-state index is 0.0417. The second-order valence-corrected chi connectivity index (χ2v) is 0.194. The zero-order chi connectivity index (χ0) is 3.41. The van der Waals surface area contributed by atoms with Gasteiger partial charge in [-0.25, -0.2) is 4.86 Å². The van der Waals surface area contributed by atoms with Crippen molar-refractivity contribution in [3.05, 3.63) is 0 Å². The predicted octanol–water partition coefficient (Wildman–Crippen LogP) is -0.586. The van der Waals surface area contributed by atoms with Crippen LogP contribution in [0.15, 0.2) is 0 Å². The maximum Gasteiger partial charge on any atom is 0.529 e. The molecule has 0 aliphatic heterocycles. The average molecular weight is 62.8 g/mol. The van der Waals surface area contributed by atoms with Crippen LogP contribution in [0, 0.1) is 0 Å². The molecule has 4 heteroatoms. The van der Waals surface area contributed by atoms with Gasteiger partial charge in [-0.2, -0.15) is 0 Å². The third-order valence-electron chi connectivity index (χ3n) is 0.0398. The highest BCUT2D eigenvalue weighted by Crippen LogP contribution is 1.55. The van der Waals surface area contributed by atoms with Crippen LogP contribution in [-0.4, -0.2) is 12.7 Å². The largest absolute Gasteiger partial charge is 0.529 e. The molecule has 0 spiro atoms. The summed E-state index contributed by atoms with van der Waals surface area (Å²) in [6.07, 6.45) is 0. The van der Waals surface area contributed by atoms with Crippen LogP contribution in [0.3, 0.4) is 0 Å². The fourth-order valence-electron chi connectivity index (χ4n) is 0. The average Bonchev–Trinajstić information content (AvgIpc) is 1.37. The van der Waals surface area contributed by atoms with Crippen LogP contribution in [-0.2, 0) is 4.86 Å². The summed E-state index contributed by atoms with van der Waals surface area (Å²) in [4.78, 5) is 2.47. The Hall–Kier alpha value is -0.0851. The molecule has 23 valence electrons. The van der Waals surface area contributed by atoms with Gasteiger partial charge in [-0.15, -0.1) is 0 Å². The van der Waals surface area contributed by atoms with Gasteiger partial charge in [0, 0.05) is 0 Å². The Morgan fingerprint density at radius 3 is 2.25 bits per heavy atom. The van der Waals surface area contributed by atoms with Crippen molar-refractivity contribution in [1.29, 1.82) is 0 Å². The molecule has 0 fully saturated rings. The lowest BCUT2D eigenvalue weighted by molar-refractivity contribution is -0.0195. The highest BCUT2D eigenvalue weighted by Gasteiger charge is 1.72. The van der Waals surface area contributed by atoms with Crippen molar-refractivity contribution in [1.82, 2.24) is 0 Å². The highest BCUT2D eigenvalue weighted by atomic mass is 19.3. The summed E-state index contributed by atoms with van der Waals surface area (Å²) < 4.78 is 9.92. The van der Waals surface area contributed by atoms with Gasteiger partial charge in [-0.05, 0) is 0 Å². The monoisotopic (exact) mass is 63.0 g/mol. The molecule has 0 aromatic rings.